The van der Waals surface area contributed by atoms with Crippen molar-refractivity contribution in [2.75, 3.05) is 10.2 Å². The van der Waals surface area contributed by atoms with Crippen LogP contribution in [-0.4, -0.2) is 0 Å². The van der Waals surface area contributed by atoms with Crippen LogP contribution in [0, 0.1) is 13.8 Å². The topological polar surface area (TPSA) is 15.3 Å². The molecule has 1 atom stereocenters. The Bertz CT molecular complexity index is 2690. The quantitative estimate of drug-likeness (QED) is 0.150. The van der Waals surface area contributed by atoms with Gasteiger partial charge in [-0.25, -0.2) is 0 Å². The summed E-state index contributed by atoms with van der Waals surface area (Å²) in [5.41, 5.74) is 17.5. The van der Waals surface area contributed by atoms with Crippen LogP contribution in [0.5, 0.6) is 0 Å². The Morgan fingerprint density at radius 2 is 0.914 bits per heavy atom. The van der Waals surface area contributed by atoms with Gasteiger partial charge in [-0.2, -0.15) is 0 Å². The molecule has 9 rings (SSSR count). The van der Waals surface area contributed by atoms with Crippen molar-refractivity contribution in [3.8, 4) is 33.4 Å². The van der Waals surface area contributed by atoms with E-state index >= 15 is 0 Å². The van der Waals surface area contributed by atoms with E-state index in [-0.39, 0.29) is 0 Å². The van der Waals surface area contributed by atoms with Crippen molar-refractivity contribution in [2.24, 2.45) is 0 Å². The third-order valence-corrected chi connectivity index (χ3v) is 11.3. The van der Waals surface area contributed by atoms with E-state index in [4.69, 9.17) is 0 Å². The third-order valence-electron chi connectivity index (χ3n) is 11.3. The summed E-state index contributed by atoms with van der Waals surface area (Å²) in [5.74, 6) is 0. The zero-order valence-electron chi connectivity index (χ0n) is 33.0. The fourth-order valence-corrected chi connectivity index (χ4v) is 8.16. The van der Waals surface area contributed by atoms with Crippen molar-refractivity contribution in [1.82, 2.24) is 0 Å². The van der Waals surface area contributed by atoms with Gasteiger partial charge in [0.2, 0.25) is 0 Å². The zero-order chi connectivity index (χ0) is 39.3. The average Bonchev–Trinajstić information content (AvgIpc) is 3.29. The number of hydrogen-bond acceptors (Lipinski definition) is 2. The summed E-state index contributed by atoms with van der Waals surface area (Å²) in [5, 5.41) is 3.96. The van der Waals surface area contributed by atoms with Crippen molar-refractivity contribution in [3.05, 3.63) is 247 Å². The first-order valence-electron chi connectivity index (χ1n) is 20.1. The Kier molecular flexibility index (Phi) is 10.1. The molecule has 0 spiro atoms. The molecule has 0 bridgehead atoms. The molecule has 0 radical (unpaired) electrons. The van der Waals surface area contributed by atoms with Crippen LogP contribution in [0.4, 0.5) is 22.7 Å². The first kappa shape index (κ1) is 36.5. The molecule has 8 aromatic carbocycles. The van der Waals surface area contributed by atoms with E-state index in [0.717, 1.165) is 29.2 Å². The monoisotopic (exact) mass is 746 g/mol. The third kappa shape index (κ3) is 7.53. The number of hydrogen-bond donors (Lipinski definition) is 1. The van der Waals surface area contributed by atoms with E-state index in [1.54, 1.807) is 0 Å². The highest BCUT2D eigenvalue weighted by molar-refractivity contribution is 5.88. The zero-order valence-corrected chi connectivity index (χ0v) is 33.0. The maximum Gasteiger partial charge on any atom is 0.0853 e. The smallest absolute Gasteiger partial charge is 0.0853 e. The number of benzene rings is 8. The molecule has 0 aliphatic heterocycles. The lowest BCUT2D eigenvalue weighted by Gasteiger charge is -2.37. The maximum atomic E-state index is 3.96. The number of anilines is 4. The summed E-state index contributed by atoms with van der Waals surface area (Å²) in [6.45, 7) is 4.27. The fraction of sp³-hybridized carbons (Fsp3) is 0.0714. The van der Waals surface area contributed by atoms with Gasteiger partial charge >= 0.3 is 0 Å². The predicted octanol–water partition coefficient (Wildman–Crippen LogP) is 15.1. The molecular weight excluding hydrogens is 701 g/mol. The van der Waals surface area contributed by atoms with Crippen LogP contribution in [0.15, 0.2) is 224 Å². The van der Waals surface area contributed by atoms with Crippen LogP contribution in [0.25, 0.3) is 39.0 Å². The Morgan fingerprint density at radius 3 is 1.52 bits per heavy atom. The molecular formula is C56H46N2. The molecule has 1 N–H and O–H groups in total. The van der Waals surface area contributed by atoms with Crippen LogP contribution in [0.3, 0.4) is 0 Å². The fourth-order valence-electron chi connectivity index (χ4n) is 8.16. The largest absolute Gasteiger partial charge is 0.372 e. The minimum Gasteiger partial charge on any atom is -0.372 e. The first-order valence-corrected chi connectivity index (χ1v) is 20.1. The SMILES string of the molecule is Cc1ccc(NC2(c3ccccc3-c3ccccc3)C=CC(c3ccc(-c4ccc(N(c5ccc(C)cc5)c5ccccc5-c5ccccc5)cc4)cc3)=CC2)cc1. The summed E-state index contributed by atoms with van der Waals surface area (Å²) in [6, 6.07) is 74.3. The highest BCUT2D eigenvalue weighted by Crippen LogP contribution is 2.43. The summed E-state index contributed by atoms with van der Waals surface area (Å²) in [4.78, 5) is 2.36. The van der Waals surface area contributed by atoms with Crippen molar-refractivity contribution < 1.29 is 0 Å². The maximum absolute atomic E-state index is 3.96. The lowest BCUT2D eigenvalue weighted by Crippen LogP contribution is -2.34. The van der Waals surface area contributed by atoms with Crippen LogP contribution in [-0.2, 0) is 5.54 Å². The van der Waals surface area contributed by atoms with Gasteiger partial charge in [-0.3, -0.25) is 0 Å². The normalized spacial score (nSPS) is 14.8. The van der Waals surface area contributed by atoms with E-state index in [9.17, 15) is 0 Å². The Labute approximate surface area is 343 Å². The molecule has 1 aliphatic rings. The van der Waals surface area contributed by atoms with Gasteiger partial charge in [-0.15, -0.1) is 0 Å². The van der Waals surface area contributed by atoms with Crippen molar-refractivity contribution in [1.29, 1.82) is 0 Å². The minimum absolute atomic E-state index is 0.416. The minimum atomic E-state index is -0.416. The summed E-state index contributed by atoms with van der Waals surface area (Å²) in [6.07, 6.45) is 7.86. The molecule has 0 aromatic heterocycles. The Morgan fingerprint density at radius 1 is 0.431 bits per heavy atom. The molecule has 280 valence electrons. The molecule has 0 saturated heterocycles. The lowest BCUT2D eigenvalue weighted by atomic mass is 9.77. The Hall–Kier alpha value is -7.16. The second-order valence-electron chi connectivity index (χ2n) is 15.2. The van der Waals surface area contributed by atoms with Crippen molar-refractivity contribution in [3.63, 3.8) is 0 Å². The van der Waals surface area contributed by atoms with Gasteiger partial charge in [0.25, 0.3) is 0 Å². The standard InChI is InChI=1S/C56H46N2/c1-41-21-31-49(32-22-41)57-56(54-19-11-9-17-52(54)47-13-5-3-6-14-47)39-37-46(38-40-56)44-27-25-43(26-28-44)45-29-35-51(36-30-45)58(50-33-23-42(2)24-34-50)55-20-12-10-18-53(55)48-15-7-4-8-16-48/h3-39,57H,40H2,1-2H3. The summed E-state index contributed by atoms with van der Waals surface area (Å²) in [7, 11) is 0. The van der Waals surface area contributed by atoms with Crippen molar-refractivity contribution in [2.45, 2.75) is 25.8 Å². The molecule has 58 heavy (non-hydrogen) atoms. The lowest BCUT2D eigenvalue weighted by molar-refractivity contribution is 0.621. The van der Waals surface area contributed by atoms with Gasteiger partial charge in [0.1, 0.15) is 0 Å². The van der Waals surface area contributed by atoms with E-state index in [1.807, 2.05) is 0 Å². The number of para-hydroxylation sites is 1. The predicted molar refractivity (Wildman–Crippen MR) is 247 cm³/mol. The first-order chi connectivity index (χ1) is 28.5. The van der Waals surface area contributed by atoms with Gasteiger partial charge in [-0.05, 0) is 107 Å². The average molecular weight is 747 g/mol. The van der Waals surface area contributed by atoms with Gasteiger partial charge in [-0.1, -0.05) is 193 Å². The highest BCUT2D eigenvalue weighted by atomic mass is 15.1. The van der Waals surface area contributed by atoms with Crippen LogP contribution < -0.4 is 10.2 Å². The van der Waals surface area contributed by atoms with Crippen LogP contribution in [0.1, 0.15) is 28.7 Å². The molecule has 0 amide bonds. The number of aryl methyl sites for hydroxylation is 2. The van der Waals surface area contributed by atoms with E-state index < -0.39 is 5.54 Å². The van der Waals surface area contributed by atoms with Gasteiger partial charge < -0.3 is 10.2 Å². The van der Waals surface area contributed by atoms with Crippen molar-refractivity contribution >= 4 is 28.3 Å². The van der Waals surface area contributed by atoms with Crippen LogP contribution >= 0.6 is 0 Å². The van der Waals surface area contributed by atoms with E-state index in [0.29, 0.717) is 0 Å². The Balaban J connectivity index is 1.00. The second kappa shape index (κ2) is 16.1. The van der Waals surface area contributed by atoms with E-state index in [2.05, 4.69) is 249 Å². The summed E-state index contributed by atoms with van der Waals surface area (Å²) >= 11 is 0. The molecule has 8 aromatic rings. The summed E-state index contributed by atoms with van der Waals surface area (Å²) < 4.78 is 0. The van der Waals surface area contributed by atoms with Gasteiger partial charge in [0.05, 0.1) is 11.2 Å². The molecule has 0 saturated carbocycles. The highest BCUT2D eigenvalue weighted by Gasteiger charge is 2.33. The molecule has 2 nitrogen and oxygen atoms in total. The van der Waals surface area contributed by atoms with E-state index in [1.165, 1.54) is 61.2 Å². The molecule has 0 heterocycles. The molecule has 1 unspecified atom stereocenters. The number of nitrogens with one attached hydrogen (secondary N) is 1. The van der Waals surface area contributed by atoms with Gasteiger partial charge in [0, 0.05) is 22.6 Å². The molecule has 1 aliphatic carbocycles. The molecule has 0 fully saturated rings. The second-order valence-corrected chi connectivity index (χ2v) is 15.2. The number of allylic oxidation sites excluding steroid dienone is 2. The van der Waals surface area contributed by atoms with Crippen LogP contribution in [0.2, 0.25) is 0 Å². The van der Waals surface area contributed by atoms with Gasteiger partial charge in [0.15, 0.2) is 0 Å². The number of rotatable bonds is 10. The molecule has 2 heteroatoms. The number of nitrogens with zero attached hydrogens (tertiary/aromatic N) is 1.